The van der Waals surface area contributed by atoms with Crippen molar-refractivity contribution < 1.29 is 9.72 Å². The molecule has 2 aromatic rings. The number of carbonyl (C=O) groups excluding carboxylic acids is 1. The van der Waals surface area contributed by atoms with Crippen LogP contribution in [0.4, 0.5) is 11.4 Å². The molecule has 1 saturated carbocycles. The first kappa shape index (κ1) is 15.8. The molecule has 5 nitrogen and oxygen atoms in total. The van der Waals surface area contributed by atoms with Crippen molar-refractivity contribution in [2.24, 2.45) is 5.92 Å². The number of amides is 1. The molecule has 7 heteroatoms. The molecule has 1 fully saturated rings. The summed E-state index contributed by atoms with van der Waals surface area (Å²) < 4.78 is 0. The van der Waals surface area contributed by atoms with Crippen LogP contribution in [0.2, 0.25) is 10.0 Å². The van der Waals surface area contributed by atoms with Gasteiger partial charge in [0, 0.05) is 22.7 Å². The van der Waals surface area contributed by atoms with E-state index in [9.17, 15) is 14.9 Å². The van der Waals surface area contributed by atoms with Gasteiger partial charge in [0.25, 0.3) is 5.69 Å². The van der Waals surface area contributed by atoms with Gasteiger partial charge in [0.15, 0.2) is 0 Å². The molecule has 0 spiro atoms. The molecule has 1 aliphatic rings. The molecule has 2 unspecified atom stereocenters. The van der Waals surface area contributed by atoms with Crippen molar-refractivity contribution in [3.8, 4) is 0 Å². The molecule has 0 radical (unpaired) electrons. The number of carbonyl (C=O) groups is 1. The van der Waals surface area contributed by atoms with E-state index in [2.05, 4.69) is 5.32 Å². The Hall–Kier alpha value is -2.11. The molecule has 1 N–H and O–H groups in total. The van der Waals surface area contributed by atoms with Crippen molar-refractivity contribution in [1.82, 2.24) is 0 Å². The van der Waals surface area contributed by atoms with E-state index >= 15 is 0 Å². The zero-order chi connectivity index (χ0) is 16.6. The molecule has 1 amide bonds. The third-order valence-electron chi connectivity index (χ3n) is 3.84. The van der Waals surface area contributed by atoms with E-state index in [1.54, 1.807) is 12.1 Å². The van der Waals surface area contributed by atoms with Gasteiger partial charge in [0.05, 0.1) is 4.92 Å². The number of nitrogens with one attached hydrogen (secondary N) is 1. The van der Waals surface area contributed by atoms with Gasteiger partial charge in [-0.25, -0.2) is 0 Å². The van der Waals surface area contributed by atoms with Gasteiger partial charge in [-0.05, 0) is 36.1 Å². The quantitative estimate of drug-likeness (QED) is 0.644. The topological polar surface area (TPSA) is 72.2 Å². The van der Waals surface area contributed by atoms with Gasteiger partial charge in [-0.15, -0.1) is 0 Å². The van der Waals surface area contributed by atoms with E-state index in [1.807, 2.05) is 18.2 Å². The van der Waals surface area contributed by atoms with Crippen LogP contribution in [-0.2, 0) is 4.79 Å². The minimum Gasteiger partial charge on any atom is -0.326 e. The highest BCUT2D eigenvalue weighted by Gasteiger charge is 2.44. The van der Waals surface area contributed by atoms with Gasteiger partial charge >= 0.3 is 0 Å². The van der Waals surface area contributed by atoms with Crippen molar-refractivity contribution in [2.75, 3.05) is 5.32 Å². The minimum atomic E-state index is -0.582. The molecule has 2 atom stereocenters. The summed E-state index contributed by atoms with van der Waals surface area (Å²) in [5.41, 5.74) is 1.08. The Kier molecular flexibility index (Phi) is 4.24. The minimum absolute atomic E-state index is 0.0355. The van der Waals surface area contributed by atoms with Gasteiger partial charge in [-0.1, -0.05) is 41.4 Å². The molecular weight excluding hydrogens is 339 g/mol. The third-order valence-corrected chi connectivity index (χ3v) is 4.51. The fourth-order valence-corrected chi connectivity index (χ4v) is 3.03. The number of hydrogen-bond acceptors (Lipinski definition) is 3. The van der Waals surface area contributed by atoms with Crippen LogP contribution in [-0.4, -0.2) is 10.8 Å². The molecule has 0 saturated heterocycles. The lowest BCUT2D eigenvalue weighted by Gasteiger charge is -2.06. The van der Waals surface area contributed by atoms with Crippen molar-refractivity contribution in [3.05, 3.63) is 68.2 Å². The first-order chi connectivity index (χ1) is 11.0. The summed E-state index contributed by atoms with van der Waals surface area (Å²) in [5.74, 6) is -0.262. The lowest BCUT2D eigenvalue weighted by Crippen LogP contribution is -2.14. The highest BCUT2D eigenvalue weighted by molar-refractivity contribution is 6.32. The van der Waals surface area contributed by atoms with Crippen molar-refractivity contribution in [1.29, 1.82) is 0 Å². The summed E-state index contributed by atoms with van der Waals surface area (Å²) in [7, 11) is 0. The van der Waals surface area contributed by atoms with E-state index in [4.69, 9.17) is 23.2 Å². The van der Waals surface area contributed by atoms with Gasteiger partial charge in [-0.2, -0.15) is 0 Å². The molecule has 3 rings (SSSR count). The maximum Gasteiger partial charge on any atom is 0.289 e. The zero-order valence-electron chi connectivity index (χ0n) is 11.8. The number of rotatable bonds is 4. The smallest absolute Gasteiger partial charge is 0.289 e. The fraction of sp³-hybridized carbons (Fsp3) is 0.188. The number of nitro groups is 1. The molecule has 0 aromatic heterocycles. The Morgan fingerprint density at radius 3 is 2.61 bits per heavy atom. The molecule has 118 valence electrons. The van der Waals surface area contributed by atoms with Crippen LogP contribution in [0.15, 0.2) is 42.5 Å². The lowest BCUT2D eigenvalue weighted by molar-refractivity contribution is -0.384. The predicted octanol–water partition coefficient (Wildman–Crippen LogP) is 4.64. The second-order valence-corrected chi connectivity index (χ2v) is 6.20. The highest BCUT2D eigenvalue weighted by Crippen LogP contribution is 2.50. The maximum absolute atomic E-state index is 12.3. The Balaban J connectivity index is 1.71. The van der Waals surface area contributed by atoms with Crippen molar-refractivity contribution in [2.45, 2.75) is 12.3 Å². The molecular formula is C16H12Cl2N2O3. The Morgan fingerprint density at radius 2 is 1.91 bits per heavy atom. The number of benzene rings is 2. The summed E-state index contributed by atoms with van der Waals surface area (Å²) in [4.78, 5) is 22.6. The van der Waals surface area contributed by atoms with E-state index in [-0.39, 0.29) is 28.5 Å². The standard InChI is InChI=1S/C16H12Cl2N2O3/c17-13-4-2-1-3-10(13)11-8-12(11)16(21)19-9-5-6-14(18)15(7-9)20(22)23/h1-7,11-12H,8H2,(H,19,21). The number of nitro benzene ring substituents is 1. The van der Waals surface area contributed by atoms with Gasteiger partial charge in [0.1, 0.15) is 5.02 Å². The summed E-state index contributed by atoms with van der Waals surface area (Å²) in [6, 6.07) is 11.6. The summed E-state index contributed by atoms with van der Waals surface area (Å²) in [6.45, 7) is 0. The second-order valence-electron chi connectivity index (χ2n) is 5.38. The number of halogens is 2. The third kappa shape index (κ3) is 3.30. The average Bonchev–Trinajstić information content (AvgIpc) is 3.30. The number of hydrogen-bond donors (Lipinski definition) is 1. The maximum atomic E-state index is 12.3. The van der Waals surface area contributed by atoms with E-state index < -0.39 is 4.92 Å². The molecule has 0 bridgehead atoms. The van der Waals surface area contributed by atoms with Gasteiger partial charge in [0.2, 0.25) is 5.91 Å². The SMILES string of the molecule is O=C(Nc1ccc(Cl)c([N+](=O)[O-])c1)C1CC1c1ccccc1Cl. The van der Waals surface area contributed by atoms with Crippen LogP contribution in [0.3, 0.4) is 0 Å². The Morgan fingerprint density at radius 1 is 1.17 bits per heavy atom. The molecule has 0 heterocycles. The monoisotopic (exact) mass is 350 g/mol. The molecule has 0 aliphatic heterocycles. The van der Waals surface area contributed by atoms with Crippen LogP contribution in [0.1, 0.15) is 17.9 Å². The van der Waals surface area contributed by atoms with Crippen molar-refractivity contribution >= 4 is 40.5 Å². The normalized spacial score (nSPS) is 19.2. The van der Waals surface area contributed by atoms with Crippen molar-refractivity contribution in [3.63, 3.8) is 0 Å². The molecule has 23 heavy (non-hydrogen) atoms. The zero-order valence-corrected chi connectivity index (χ0v) is 13.3. The van der Waals surface area contributed by atoms with Crippen LogP contribution >= 0.6 is 23.2 Å². The summed E-state index contributed by atoms with van der Waals surface area (Å²) in [6.07, 6.45) is 0.714. The average molecular weight is 351 g/mol. The van der Waals surface area contributed by atoms with E-state index in [0.717, 1.165) is 5.56 Å². The fourth-order valence-electron chi connectivity index (χ4n) is 2.57. The van der Waals surface area contributed by atoms with Gasteiger partial charge < -0.3 is 5.32 Å². The van der Waals surface area contributed by atoms with Gasteiger partial charge in [-0.3, -0.25) is 14.9 Å². The highest BCUT2D eigenvalue weighted by atomic mass is 35.5. The second kappa shape index (κ2) is 6.18. The molecule has 2 aromatic carbocycles. The lowest BCUT2D eigenvalue weighted by atomic mass is 10.1. The largest absolute Gasteiger partial charge is 0.326 e. The first-order valence-corrected chi connectivity index (χ1v) is 7.72. The van der Waals surface area contributed by atoms with Crippen LogP contribution in [0, 0.1) is 16.0 Å². The molecule has 1 aliphatic carbocycles. The number of nitrogens with zero attached hydrogens (tertiary/aromatic N) is 1. The van der Waals surface area contributed by atoms with E-state index in [1.165, 1.54) is 12.1 Å². The van der Waals surface area contributed by atoms with Crippen LogP contribution in [0.25, 0.3) is 0 Å². The Bertz CT molecular complexity index is 795. The predicted molar refractivity (Wildman–Crippen MR) is 89.0 cm³/mol. The number of anilines is 1. The summed E-state index contributed by atoms with van der Waals surface area (Å²) >= 11 is 11.9. The van der Waals surface area contributed by atoms with Crippen LogP contribution in [0.5, 0.6) is 0 Å². The Labute approximate surface area is 142 Å². The summed E-state index contributed by atoms with van der Waals surface area (Å²) in [5, 5.41) is 14.3. The first-order valence-electron chi connectivity index (χ1n) is 6.96. The van der Waals surface area contributed by atoms with Crippen LogP contribution < -0.4 is 5.32 Å². The van der Waals surface area contributed by atoms with E-state index in [0.29, 0.717) is 17.1 Å².